The van der Waals surface area contributed by atoms with E-state index in [0.717, 1.165) is 30.6 Å². The van der Waals surface area contributed by atoms with Gasteiger partial charge >= 0.3 is 0 Å². The zero-order valence-corrected chi connectivity index (χ0v) is 11.7. The normalized spacial score (nSPS) is 18.0. The van der Waals surface area contributed by atoms with Gasteiger partial charge in [0.1, 0.15) is 0 Å². The second kappa shape index (κ2) is 7.09. The maximum absolute atomic E-state index is 12.3. The van der Waals surface area contributed by atoms with Crippen LogP contribution in [0, 0.1) is 18.8 Å². The second-order valence-electron chi connectivity index (χ2n) is 4.94. The van der Waals surface area contributed by atoms with Crippen molar-refractivity contribution in [3.8, 4) is 11.8 Å². The molecule has 2 rings (SSSR count). The van der Waals surface area contributed by atoms with E-state index in [9.17, 15) is 4.79 Å². The molecular weight excluding hydrogens is 252 g/mol. The summed E-state index contributed by atoms with van der Waals surface area (Å²) in [7, 11) is 0. The molecule has 1 unspecified atom stereocenters. The molecule has 1 aromatic carbocycles. The number of aryl methyl sites for hydroxylation is 1. The average Bonchev–Trinajstić information content (AvgIpc) is 2.46. The van der Waals surface area contributed by atoms with E-state index in [1.165, 1.54) is 0 Å². The molecule has 1 atom stereocenters. The van der Waals surface area contributed by atoms with E-state index in [-0.39, 0.29) is 18.5 Å². The van der Waals surface area contributed by atoms with Gasteiger partial charge in [0.25, 0.3) is 5.91 Å². The lowest BCUT2D eigenvalue weighted by atomic mass is 10.0. The van der Waals surface area contributed by atoms with Crippen molar-refractivity contribution in [3.63, 3.8) is 0 Å². The standard InChI is InChI=1S/C16H20N2O2/c1-12-6-7-15(13(10-12)4-2-8-17)16(19)18-14-5-3-9-20-11-14/h6-7,10,14H,3,5,8-9,11,17H2,1H3,(H,18,19). The first-order chi connectivity index (χ1) is 9.70. The van der Waals surface area contributed by atoms with Crippen LogP contribution in [0.1, 0.15) is 34.3 Å². The lowest BCUT2D eigenvalue weighted by Gasteiger charge is -2.23. The molecule has 20 heavy (non-hydrogen) atoms. The molecule has 0 bridgehead atoms. The van der Waals surface area contributed by atoms with Crippen LogP contribution in [0.5, 0.6) is 0 Å². The zero-order valence-electron chi connectivity index (χ0n) is 11.7. The molecule has 3 N–H and O–H groups in total. The Kier molecular flexibility index (Phi) is 5.16. The molecule has 1 amide bonds. The van der Waals surface area contributed by atoms with Crippen molar-refractivity contribution in [2.45, 2.75) is 25.8 Å². The molecule has 106 valence electrons. The number of carbonyl (C=O) groups is 1. The van der Waals surface area contributed by atoms with Crippen molar-refractivity contribution < 1.29 is 9.53 Å². The molecule has 0 aromatic heterocycles. The van der Waals surface area contributed by atoms with E-state index in [2.05, 4.69) is 17.2 Å². The fourth-order valence-electron chi connectivity index (χ4n) is 2.22. The Balaban J connectivity index is 2.15. The molecule has 1 aliphatic rings. The van der Waals surface area contributed by atoms with E-state index in [0.29, 0.717) is 12.2 Å². The summed E-state index contributed by atoms with van der Waals surface area (Å²) in [6.07, 6.45) is 1.94. The largest absolute Gasteiger partial charge is 0.379 e. The zero-order chi connectivity index (χ0) is 14.4. The predicted molar refractivity (Wildman–Crippen MR) is 78.4 cm³/mol. The number of nitrogens with two attached hydrogens (primary N) is 1. The van der Waals surface area contributed by atoms with Crippen LogP contribution >= 0.6 is 0 Å². The fourth-order valence-corrected chi connectivity index (χ4v) is 2.22. The number of nitrogens with one attached hydrogen (secondary N) is 1. The van der Waals surface area contributed by atoms with E-state index >= 15 is 0 Å². The first-order valence-corrected chi connectivity index (χ1v) is 6.89. The highest BCUT2D eigenvalue weighted by molar-refractivity contribution is 5.97. The Morgan fingerprint density at radius 2 is 2.40 bits per heavy atom. The Bertz CT molecular complexity index is 537. The first kappa shape index (κ1) is 14.6. The van der Waals surface area contributed by atoms with E-state index in [1.807, 2.05) is 25.1 Å². The van der Waals surface area contributed by atoms with Gasteiger partial charge in [-0.15, -0.1) is 0 Å². The number of hydrogen-bond acceptors (Lipinski definition) is 3. The third-order valence-corrected chi connectivity index (χ3v) is 3.24. The Morgan fingerprint density at radius 1 is 1.55 bits per heavy atom. The molecule has 4 heteroatoms. The smallest absolute Gasteiger partial charge is 0.252 e. The van der Waals surface area contributed by atoms with Gasteiger partial charge in [-0.1, -0.05) is 17.9 Å². The minimum absolute atomic E-state index is 0.0906. The quantitative estimate of drug-likeness (QED) is 0.796. The maximum Gasteiger partial charge on any atom is 0.252 e. The molecule has 1 saturated heterocycles. The van der Waals surface area contributed by atoms with Gasteiger partial charge in [0, 0.05) is 12.2 Å². The van der Waals surface area contributed by atoms with Gasteiger partial charge in [-0.25, -0.2) is 0 Å². The van der Waals surface area contributed by atoms with Gasteiger partial charge in [-0.05, 0) is 37.5 Å². The molecule has 0 spiro atoms. The maximum atomic E-state index is 12.3. The van der Waals surface area contributed by atoms with Crippen molar-refractivity contribution >= 4 is 5.91 Å². The summed E-state index contributed by atoms with van der Waals surface area (Å²) in [4.78, 5) is 12.3. The minimum Gasteiger partial charge on any atom is -0.379 e. The Labute approximate surface area is 119 Å². The second-order valence-corrected chi connectivity index (χ2v) is 4.94. The van der Waals surface area contributed by atoms with Crippen molar-refractivity contribution in [2.75, 3.05) is 19.8 Å². The lowest BCUT2D eigenvalue weighted by molar-refractivity contribution is 0.0624. The summed E-state index contributed by atoms with van der Waals surface area (Å²) in [6, 6.07) is 5.73. The van der Waals surface area contributed by atoms with E-state index in [4.69, 9.17) is 10.5 Å². The molecular formula is C16H20N2O2. The van der Waals surface area contributed by atoms with Gasteiger partial charge in [0.15, 0.2) is 0 Å². The van der Waals surface area contributed by atoms with Crippen LogP contribution in [0.4, 0.5) is 0 Å². The van der Waals surface area contributed by atoms with Crippen LogP contribution in [0.3, 0.4) is 0 Å². The third kappa shape index (κ3) is 3.83. The Hall–Kier alpha value is -1.83. The molecule has 0 radical (unpaired) electrons. The van der Waals surface area contributed by atoms with Crippen LogP contribution in [0.2, 0.25) is 0 Å². The molecule has 1 aromatic rings. The van der Waals surface area contributed by atoms with Crippen LogP contribution in [-0.2, 0) is 4.74 Å². The minimum atomic E-state index is -0.0955. The van der Waals surface area contributed by atoms with Gasteiger partial charge in [-0.2, -0.15) is 0 Å². The van der Waals surface area contributed by atoms with Crippen LogP contribution < -0.4 is 11.1 Å². The molecule has 0 saturated carbocycles. The van der Waals surface area contributed by atoms with Gasteiger partial charge in [-0.3, -0.25) is 4.79 Å². The third-order valence-electron chi connectivity index (χ3n) is 3.24. The Morgan fingerprint density at radius 3 is 3.10 bits per heavy atom. The van der Waals surface area contributed by atoms with Crippen molar-refractivity contribution in [3.05, 3.63) is 34.9 Å². The van der Waals surface area contributed by atoms with Crippen molar-refractivity contribution in [1.29, 1.82) is 0 Å². The highest BCUT2D eigenvalue weighted by Gasteiger charge is 2.18. The summed E-state index contributed by atoms with van der Waals surface area (Å²) in [6.45, 7) is 3.63. The van der Waals surface area contributed by atoms with Crippen molar-refractivity contribution in [1.82, 2.24) is 5.32 Å². The highest BCUT2D eigenvalue weighted by atomic mass is 16.5. The van der Waals surface area contributed by atoms with Crippen LogP contribution in [-0.4, -0.2) is 31.7 Å². The summed E-state index contributed by atoms with van der Waals surface area (Å²) < 4.78 is 5.37. The number of amides is 1. The van der Waals surface area contributed by atoms with Gasteiger partial charge < -0.3 is 15.8 Å². The molecule has 1 fully saturated rings. The topological polar surface area (TPSA) is 64.3 Å². The van der Waals surface area contributed by atoms with E-state index in [1.54, 1.807) is 0 Å². The van der Waals surface area contributed by atoms with Crippen LogP contribution in [0.15, 0.2) is 18.2 Å². The molecule has 0 aliphatic carbocycles. The molecule has 1 heterocycles. The predicted octanol–water partition coefficient (Wildman–Crippen LogP) is 1.21. The first-order valence-electron chi connectivity index (χ1n) is 6.89. The van der Waals surface area contributed by atoms with Gasteiger partial charge in [0.2, 0.25) is 0 Å². The number of ether oxygens (including phenoxy) is 1. The summed E-state index contributed by atoms with van der Waals surface area (Å²) in [5, 5.41) is 3.01. The summed E-state index contributed by atoms with van der Waals surface area (Å²) >= 11 is 0. The molecule has 4 nitrogen and oxygen atoms in total. The average molecular weight is 272 g/mol. The van der Waals surface area contributed by atoms with Crippen LogP contribution in [0.25, 0.3) is 0 Å². The van der Waals surface area contributed by atoms with Gasteiger partial charge in [0.05, 0.1) is 24.8 Å². The molecule has 1 aliphatic heterocycles. The summed E-state index contributed by atoms with van der Waals surface area (Å²) in [5.41, 5.74) is 7.80. The summed E-state index contributed by atoms with van der Waals surface area (Å²) in [5.74, 6) is 5.67. The fraction of sp³-hybridized carbons (Fsp3) is 0.438. The number of benzene rings is 1. The lowest BCUT2D eigenvalue weighted by Crippen LogP contribution is -2.40. The highest BCUT2D eigenvalue weighted by Crippen LogP contribution is 2.13. The number of carbonyl (C=O) groups excluding carboxylic acids is 1. The number of rotatable bonds is 2. The van der Waals surface area contributed by atoms with Crippen molar-refractivity contribution in [2.24, 2.45) is 5.73 Å². The number of hydrogen-bond donors (Lipinski definition) is 2. The SMILES string of the molecule is Cc1ccc(C(=O)NC2CCCOC2)c(C#CCN)c1. The monoisotopic (exact) mass is 272 g/mol. The van der Waals surface area contributed by atoms with E-state index < -0.39 is 0 Å².